The van der Waals surface area contributed by atoms with Gasteiger partial charge in [0, 0.05) is 11.9 Å². The second kappa shape index (κ2) is 4.98. The summed E-state index contributed by atoms with van der Waals surface area (Å²) in [4.78, 5) is 11.1. The molecule has 0 aromatic carbocycles. The number of rotatable bonds is 3. The van der Waals surface area contributed by atoms with Crippen molar-refractivity contribution in [3.05, 3.63) is 16.3 Å². The molecule has 0 saturated heterocycles. The second-order valence-corrected chi connectivity index (χ2v) is 6.51. The largest absolute Gasteiger partial charge is 0.383 e. The molecule has 2 N–H and O–H groups in total. The molecule has 7 nitrogen and oxygen atoms in total. The Labute approximate surface area is 123 Å². The number of fused-ring (bicyclic) bond motifs is 1. The van der Waals surface area contributed by atoms with Gasteiger partial charge in [0.15, 0.2) is 0 Å². The molecule has 0 aliphatic rings. The van der Waals surface area contributed by atoms with Crippen molar-refractivity contribution in [2.45, 2.75) is 24.8 Å². The summed E-state index contributed by atoms with van der Waals surface area (Å²) in [5.41, 5.74) is 7.22. The van der Waals surface area contributed by atoms with E-state index in [9.17, 15) is 0 Å². The van der Waals surface area contributed by atoms with Crippen LogP contribution in [-0.2, 0) is 12.8 Å². The standard InChI is InChI=1S/C11H13N7S2/c1-5-6(2)20-10-8(5)9(12)13-7(14-10)4-19-11-15-16-17-18(11)3/h4H2,1-3H3,(H2,12,13,14). The van der Waals surface area contributed by atoms with Crippen LogP contribution in [0.4, 0.5) is 5.82 Å². The van der Waals surface area contributed by atoms with Gasteiger partial charge in [0.2, 0.25) is 5.16 Å². The zero-order valence-electron chi connectivity index (χ0n) is 11.3. The quantitative estimate of drug-likeness (QED) is 0.736. The van der Waals surface area contributed by atoms with Crippen molar-refractivity contribution in [1.29, 1.82) is 0 Å². The lowest BCUT2D eigenvalue weighted by Crippen LogP contribution is -2.00. The monoisotopic (exact) mass is 307 g/mol. The number of tetrazole rings is 1. The molecule has 0 unspecified atom stereocenters. The molecule has 0 saturated carbocycles. The van der Waals surface area contributed by atoms with Crippen LogP contribution in [0.1, 0.15) is 16.3 Å². The number of thioether (sulfide) groups is 1. The molecule has 20 heavy (non-hydrogen) atoms. The van der Waals surface area contributed by atoms with E-state index in [0.29, 0.717) is 17.4 Å². The van der Waals surface area contributed by atoms with Crippen molar-refractivity contribution in [2.24, 2.45) is 7.05 Å². The zero-order chi connectivity index (χ0) is 14.3. The molecule has 104 valence electrons. The van der Waals surface area contributed by atoms with Crippen LogP contribution < -0.4 is 5.73 Å². The van der Waals surface area contributed by atoms with Gasteiger partial charge in [-0.05, 0) is 29.8 Å². The van der Waals surface area contributed by atoms with E-state index in [0.717, 1.165) is 15.4 Å². The fraction of sp³-hybridized carbons (Fsp3) is 0.364. The number of nitrogens with two attached hydrogens (primary N) is 1. The van der Waals surface area contributed by atoms with Crippen molar-refractivity contribution >= 4 is 39.1 Å². The van der Waals surface area contributed by atoms with Crippen molar-refractivity contribution in [1.82, 2.24) is 30.2 Å². The molecule has 0 amide bonds. The highest BCUT2D eigenvalue weighted by Crippen LogP contribution is 2.32. The highest BCUT2D eigenvalue weighted by molar-refractivity contribution is 7.98. The molecule has 9 heteroatoms. The molecule has 0 bridgehead atoms. The van der Waals surface area contributed by atoms with E-state index in [1.54, 1.807) is 23.1 Å². The number of nitrogen functional groups attached to an aromatic ring is 1. The van der Waals surface area contributed by atoms with Gasteiger partial charge in [-0.25, -0.2) is 14.6 Å². The minimum Gasteiger partial charge on any atom is -0.383 e. The first-order valence-corrected chi connectivity index (χ1v) is 7.73. The summed E-state index contributed by atoms with van der Waals surface area (Å²) in [5, 5.41) is 13.0. The van der Waals surface area contributed by atoms with E-state index < -0.39 is 0 Å². The number of nitrogens with zero attached hydrogens (tertiary/aromatic N) is 6. The van der Waals surface area contributed by atoms with Gasteiger partial charge < -0.3 is 5.73 Å². The highest BCUT2D eigenvalue weighted by atomic mass is 32.2. The average Bonchev–Trinajstić information content (AvgIpc) is 2.92. The van der Waals surface area contributed by atoms with Crippen LogP contribution >= 0.6 is 23.1 Å². The van der Waals surface area contributed by atoms with E-state index in [4.69, 9.17) is 5.73 Å². The summed E-state index contributed by atoms with van der Waals surface area (Å²) in [6.45, 7) is 4.12. The predicted molar refractivity (Wildman–Crippen MR) is 79.7 cm³/mol. The molecule has 3 aromatic rings. The van der Waals surface area contributed by atoms with Crippen molar-refractivity contribution in [3.8, 4) is 0 Å². The first kappa shape index (κ1) is 13.3. The predicted octanol–water partition coefficient (Wildman–Crippen LogP) is 1.71. The van der Waals surface area contributed by atoms with Crippen LogP contribution in [0.5, 0.6) is 0 Å². The summed E-state index contributed by atoms with van der Waals surface area (Å²) < 4.78 is 1.62. The van der Waals surface area contributed by atoms with Crippen LogP contribution in [0.3, 0.4) is 0 Å². The lowest BCUT2D eigenvalue weighted by atomic mass is 10.2. The number of thiophene rings is 1. The Morgan fingerprint density at radius 1 is 1.30 bits per heavy atom. The molecule has 3 heterocycles. The van der Waals surface area contributed by atoms with Gasteiger partial charge in [-0.3, -0.25) is 0 Å². The van der Waals surface area contributed by atoms with Gasteiger partial charge in [-0.15, -0.1) is 16.4 Å². The smallest absolute Gasteiger partial charge is 0.209 e. The minimum atomic E-state index is 0.545. The highest BCUT2D eigenvalue weighted by Gasteiger charge is 2.13. The number of aromatic nitrogens is 6. The fourth-order valence-corrected chi connectivity index (χ4v) is 3.62. The van der Waals surface area contributed by atoms with Gasteiger partial charge >= 0.3 is 0 Å². The van der Waals surface area contributed by atoms with E-state index in [1.165, 1.54) is 22.2 Å². The summed E-state index contributed by atoms with van der Waals surface area (Å²) in [5.74, 6) is 1.83. The molecule has 0 fully saturated rings. The third kappa shape index (κ3) is 2.22. The van der Waals surface area contributed by atoms with Gasteiger partial charge in [-0.2, -0.15) is 0 Å². The maximum absolute atomic E-state index is 6.05. The minimum absolute atomic E-state index is 0.545. The van der Waals surface area contributed by atoms with Crippen molar-refractivity contribution in [3.63, 3.8) is 0 Å². The van der Waals surface area contributed by atoms with E-state index in [2.05, 4.69) is 32.4 Å². The van der Waals surface area contributed by atoms with Crippen LogP contribution in [0.25, 0.3) is 10.2 Å². The van der Waals surface area contributed by atoms with Crippen LogP contribution in [-0.4, -0.2) is 30.2 Å². The normalized spacial score (nSPS) is 11.3. The maximum atomic E-state index is 6.05. The third-order valence-corrected chi connectivity index (χ3v) is 5.12. The van der Waals surface area contributed by atoms with Gasteiger partial charge in [0.1, 0.15) is 16.5 Å². The molecule has 0 radical (unpaired) electrons. The molecule has 0 atom stereocenters. The molecule has 0 aliphatic heterocycles. The topological polar surface area (TPSA) is 95.4 Å². The lowest BCUT2D eigenvalue weighted by Gasteiger charge is -2.02. The number of hydrogen-bond donors (Lipinski definition) is 1. The van der Waals surface area contributed by atoms with Crippen molar-refractivity contribution in [2.75, 3.05) is 5.73 Å². The molecular formula is C11H13N7S2. The summed E-state index contributed by atoms with van der Waals surface area (Å²) in [6.07, 6.45) is 0. The molecule has 3 aromatic heterocycles. The van der Waals surface area contributed by atoms with E-state index in [1.807, 2.05) is 6.92 Å². The second-order valence-electron chi connectivity index (χ2n) is 4.36. The summed E-state index contributed by atoms with van der Waals surface area (Å²) in [6, 6.07) is 0. The van der Waals surface area contributed by atoms with Gasteiger partial charge in [-0.1, -0.05) is 11.8 Å². The number of hydrogen-bond acceptors (Lipinski definition) is 8. The van der Waals surface area contributed by atoms with Gasteiger partial charge in [0.25, 0.3) is 0 Å². The molecule has 3 rings (SSSR count). The van der Waals surface area contributed by atoms with Crippen LogP contribution in [0.2, 0.25) is 0 Å². The Morgan fingerprint density at radius 3 is 2.80 bits per heavy atom. The van der Waals surface area contributed by atoms with Crippen molar-refractivity contribution < 1.29 is 0 Å². The van der Waals surface area contributed by atoms with E-state index in [-0.39, 0.29) is 0 Å². The Morgan fingerprint density at radius 2 is 2.10 bits per heavy atom. The average molecular weight is 307 g/mol. The maximum Gasteiger partial charge on any atom is 0.209 e. The third-order valence-electron chi connectivity index (χ3n) is 3.01. The lowest BCUT2D eigenvalue weighted by molar-refractivity contribution is 0.664. The summed E-state index contributed by atoms with van der Waals surface area (Å²) >= 11 is 3.13. The molecule has 0 aliphatic carbocycles. The molecular weight excluding hydrogens is 294 g/mol. The Balaban J connectivity index is 1.91. The first-order chi connectivity index (χ1) is 9.56. The number of anilines is 1. The Hall–Kier alpha value is -1.74. The van der Waals surface area contributed by atoms with Crippen LogP contribution in [0.15, 0.2) is 5.16 Å². The fourth-order valence-electron chi connectivity index (χ4n) is 1.86. The van der Waals surface area contributed by atoms with E-state index >= 15 is 0 Å². The summed E-state index contributed by atoms with van der Waals surface area (Å²) in [7, 11) is 1.80. The number of aryl methyl sites for hydroxylation is 3. The van der Waals surface area contributed by atoms with Crippen LogP contribution in [0, 0.1) is 13.8 Å². The van der Waals surface area contributed by atoms with Gasteiger partial charge in [0.05, 0.1) is 11.1 Å². The Kier molecular flexibility index (Phi) is 3.30. The SMILES string of the molecule is Cc1sc2nc(CSc3nnnn3C)nc(N)c2c1C. The Bertz CT molecular complexity index is 777. The molecule has 0 spiro atoms. The first-order valence-electron chi connectivity index (χ1n) is 5.93. The zero-order valence-corrected chi connectivity index (χ0v) is 12.9.